The molecule has 0 saturated carbocycles. The molecule has 0 radical (unpaired) electrons. The van der Waals surface area contributed by atoms with Crippen LogP contribution >= 0.6 is 8.25 Å². The molecule has 0 aliphatic carbocycles. The topological polar surface area (TPSA) is 87.1 Å². The molecule has 0 saturated heterocycles. The van der Waals surface area contributed by atoms with Crippen molar-refractivity contribution in [3.63, 3.8) is 0 Å². The van der Waals surface area contributed by atoms with Gasteiger partial charge in [-0.2, -0.15) is 0 Å². The fraction of sp³-hybridized carbons (Fsp3) is 0.750. The summed E-state index contributed by atoms with van der Waals surface area (Å²) in [5.74, 6) is 0. The Morgan fingerprint density at radius 3 is 2.73 bits per heavy atom. The number of carbonyl (C=O) groups is 1. The van der Waals surface area contributed by atoms with Crippen LogP contribution in [0.3, 0.4) is 0 Å². The number of hydrogen-bond donors (Lipinski definition) is 2. The van der Waals surface area contributed by atoms with Crippen molar-refractivity contribution in [3.05, 3.63) is 0 Å². The fourth-order valence-electron chi connectivity index (χ4n) is 0.422. The lowest BCUT2D eigenvalue weighted by molar-refractivity contribution is -0.150. The Labute approximate surface area is 64.3 Å². The molecule has 0 rings (SSSR count). The Hall–Kier alpha value is -0.550. The van der Waals surface area contributed by atoms with E-state index in [-0.39, 0.29) is 19.6 Å². The molecule has 1 atom stereocenters. The van der Waals surface area contributed by atoms with Crippen LogP contribution in [0.1, 0.15) is 6.42 Å². The van der Waals surface area contributed by atoms with E-state index in [1.165, 1.54) is 0 Å². The lowest BCUT2D eigenvalue weighted by Crippen LogP contribution is -2.18. The second kappa shape index (κ2) is 6.18. The highest BCUT2D eigenvalue weighted by atomic mass is 31.1. The predicted octanol–water partition coefficient (Wildman–Crippen LogP) is -0.110. The second-order valence-corrected chi connectivity index (χ2v) is 2.43. The summed E-state index contributed by atoms with van der Waals surface area (Å²) < 4.78 is 14.1. The quantitative estimate of drug-likeness (QED) is 0.197. The highest BCUT2D eigenvalue weighted by molar-refractivity contribution is 7.32. The van der Waals surface area contributed by atoms with Crippen molar-refractivity contribution in [2.24, 2.45) is 0 Å². The lowest BCUT2D eigenvalue weighted by atomic mass is 10.4. The van der Waals surface area contributed by atoms with E-state index in [4.69, 9.17) is 10.1 Å². The summed E-state index contributed by atoms with van der Waals surface area (Å²) in [6, 6.07) is 0. The van der Waals surface area contributed by atoms with E-state index in [0.29, 0.717) is 11.5 Å². The average molecular weight is 182 g/mol. The van der Waals surface area contributed by atoms with Crippen LogP contribution in [0.2, 0.25) is 0 Å². The summed E-state index contributed by atoms with van der Waals surface area (Å²) >= 11 is 0. The third kappa shape index (κ3) is 7.35. The van der Waals surface area contributed by atoms with Crippen LogP contribution in [0.5, 0.6) is 0 Å². The minimum Gasteiger partial charge on any atom is -0.286 e. The third-order valence-electron chi connectivity index (χ3n) is 0.855. The van der Waals surface area contributed by atoms with E-state index in [2.05, 4.69) is 4.52 Å². The van der Waals surface area contributed by atoms with Crippen LogP contribution in [0, 0.1) is 0 Å². The summed E-state index contributed by atoms with van der Waals surface area (Å²) in [6.07, 6.45) is 0.565. The van der Waals surface area contributed by atoms with Gasteiger partial charge in [0.15, 0.2) is 0 Å². The molecule has 1 unspecified atom stereocenters. The molecule has 11 heavy (non-hydrogen) atoms. The largest absolute Gasteiger partial charge is 0.694 e. The number of carbonyl (C=O) groups excluding carboxylic acids is 1. The monoisotopic (exact) mass is 182 g/mol. The molecule has 0 heterocycles. The molecule has 64 valence electrons. The Balaban J connectivity index is 3.14. The van der Waals surface area contributed by atoms with Crippen LogP contribution in [0.4, 0.5) is 0 Å². The van der Waals surface area contributed by atoms with Gasteiger partial charge in [-0.3, -0.25) is 10.0 Å². The first kappa shape index (κ1) is 10.4. The van der Waals surface area contributed by atoms with E-state index in [1.54, 1.807) is 0 Å². The van der Waals surface area contributed by atoms with Gasteiger partial charge in [0.1, 0.15) is 6.61 Å². The zero-order valence-electron chi connectivity index (χ0n) is 5.71. The second-order valence-electron chi connectivity index (χ2n) is 1.69. The summed E-state index contributed by atoms with van der Waals surface area (Å²) in [7, 11) is -2.57. The first-order chi connectivity index (χ1) is 5.16. The van der Waals surface area contributed by atoms with Crippen molar-refractivity contribution in [1.29, 1.82) is 0 Å². The van der Waals surface area contributed by atoms with E-state index >= 15 is 0 Å². The van der Waals surface area contributed by atoms with E-state index in [1.807, 2.05) is 0 Å². The SMILES string of the molecule is O=CN(O)CCCO[P+](=O)O. The minimum atomic E-state index is -2.57. The first-order valence-electron chi connectivity index (χ1n) is 2.86. The van der Waals surface area contributed by atoms with Gasteiger partial charge < -0.3 is 0 Å². The van der Waals surface area contributed by atoms with E-state index in [9.17, 15) is 9.36 Å². The first-order valence-corrected chi connectivity index (χ1v) is 3.99. The molecule has 7 heteroatoms. The number of rotatable bonds is 6. The van der Waals surface area contributed by atoms with Crippen molar-refractivity contribution in [3.8, 4) is 0 Å². The van der Waals surface area contributed by atoms with Crippen LogP contribution in [0.15, 0.2) is 0 Å². The molecule has 2 N–H and O–H groups in total. The Morgan fingerprint density at radius 2 is 2.27 bits per heavy atom. The molecule has 0 aliphatic rings. The molecular weight excluding hydrogens is 173 g/mol. The number of nitrogens with zero attached hydrogens (tertiary/aromatic N) is 1. The average Bonchev–Trinajstić information content (AvgIpc) is 1.97. The minimum absolute atomic E-state index is 0.0383. The van der Waals surface area contributed by atoms with Crippen molar-refractivity contribution in [2.75, 3.05) is 13.2 Å². The van der Waals surface area contributed by atoms with Gasteiger partial charge in [0.25, 0.3) is 0 Å². The normalized spacial score (nSPS) is 10.9. The molecule has 6 nitrogen and oxygen atoms in total. The highest BCUT2D eigenvalue weighted by Gasteiger charge is 2.10. The van der Waals surface area contributed by atoms with Crippen LogP contribution < -0.4 is 0 Å². The van der Waals surface area contributed by atoms with Crippen molar-refractivity contribution in [1.82, 2.24) is 5.06 Å². The maximum Gasteiger partial charge on any atom is 0.694 e. The number of hydrogen-bond acceptors (Lipinski definition) is 4. The molecule has 0 aromatic rings. The smallest absolute Gasteiger partial charge is 0.286 e. The Kier molecular flexibility index (Phi) is 5.87. The zero-order valence-corrected chi connectivity index (χ0v) is 6.61. The van der Waals surface area contributed by atoms with Gasteiger partial charge in [0.2, 0.25) is 6.41 Å². The zero-order chi connectivity index (χ0) is 8.69. The molecule has 0 aliphatic heterocycles. The molecule has 0 aromatic heterocycles. The molecule has 0 spiro atoms. The van der Waals surface area contributed by atoms with E-state index < -0.39 is 8.25 Å². The predicted molar refractivity (Wildman–Crippen MR) is 35.0 cm³/mol. The maximum atomic E-state index is 9.89. The van der Waals surface area contributed by atoms with Crippen LogP contribution in [-0.2, 0) is 13.9 Å². The molecule has 0 bridgehead atoms. The van der Waals surface area contributed by atoms with Gasteiger partial charge >= 0.3 is 8.25 Å². The van der Waals surface area contributed by atoms with Gasteiger partial charge in [-0.15, -0.1) is 9.42 Å². The highest BCUT2D eigenvalue weighted by Crippen LogP contribution is 2.13. The summed E-state index contributed by atoms with van der Waals surface area (Å²) in [5, 5.41) is 8.94. The molecular formula is C4H9NO5P+. The van der Waals surface area contributed by atoms with Gasteiger partial charge in [-0.25, -0.2) is 5.06 Å². The van der Waals surface area contributed by atoms with Gasteiger partial charge in [0.05, 0.1) is 6.54 Å². The lowest BCUT2D eigenvalue weighted by Gasteiger charge is -2.04. The maximum absolute atomic E-state index is 9.89. The standard InChI is InChI=1S/C4H8NO5P/c6-4-5(7)2-1-3-10-11(8)9/h4,7H,1-3H2/p+1. The number of amides is 1. The molecule has 1 amide bonds. The van der Waals surface area contributed by atoms with Crippen LogP contribution in [0.25, 0.3) is 0 Å². The molecule has 0 aromatic carbocycles. The summed E-state index contributed by atoms with van der Waals surface area (Å²) in [4.78, 5) is 17.9. The Bertz CT molecular complexity index is 140. The van der Waals surface area contributed by atoms with Gasteiger partial charge in [0, 0.05) is 4.57 Å². The van der Waals surface area contributed by atoms with Crippen molar-refractivity contribution in [2.45, 2.75) is 6.42 Å². The fourth-order valence-corrected chi connectivity index (χ4v) is 0.707. The van der Waals surface area contributed by atoms with E-state index in [0.717, 1.165) is 0 Å². The van der Waals surface area contributed by atoms with Gasteiger partial charge in [-0.05, 0) is 6.42 Å². The van der Waals surface area contributed by atoms with Crippen molar-refractivity contribution >= 4 is 14.7 Å². The summed E-state index contributed by atoms with van der Waals surface area (Å²) in [5.41, 5.74) is 0. The van der Waals surface area contributed by atoms with Crippen molar-refractivity contribution < 1.29 is 24.0 Å². The summed E-state index contributed by atoms with van der Waals surface area (Å²) in [6.45, 7) is 0.128. The third-order valence-corrected chi connectivity index (χ3v) is 1.26. The Morgan fingerprint density at radius 1 is 1.64 bits per heavy atom. The van der Waals surface area contributed by atoms with Crippen LogP contribution in [-0.4, -0.2) is 34.7 Å². The number of hydroxylamine groups is 2. The molecule has 0 fully saturated rings. The van der Waals surface area contributed by atoms with Gasteiger partial charge in [-0.1, -0.05) is 0 Å².